The lowest BCUT2D eigenvalue weighted by molar-refractivity contribution is -0.138. The minimum absolute atomic E-state index is 0.323. The number of methoxy groups -OCH3 is 2. The monoisotopic (exact) mass is 372 g/mol. The topological polar surface area (TPSA) is 94.7 Å². The molecule has 6 nitrogen and oxygen atoms in total. The third kappa shape index (κ3) is 3.17. The summed E-state index contributed by atoms with van der Waals surface area (Å²) in [4.78, 5) is 15.2. The summed E-state index contributed by atoms with van der Waals surface area (Å²) in [6.07, 6.45) is 0. The maximum atomic E-state index is 10.9. The van der Waals surface area contributed by atoms with E-state index in [2.05, 4.69) is 20.9 Å². The molecule has 1 atom stereocenters. The standard InChI is InChI=1S/C13H13BrN2O4S/c1-19-9-3-6(7(14)4-10(9)20-2)12-16-8(5-21-12)11(15)13(17)18/h3-5,11H,15H2,1-2H3,(H,17,18). The van der Waals surface area contributed by atoms with E-state index in [0.717, 1.165) is 10.0 Å². The van der Waals surface area contributed by atoms with Crippen molar-refractivity contribution in [2.24, 2.45) is 5.73 Å². The van der Waals surface area contributed by atoms with Crippen LogP contribution in [0.5, 0.6) is 11.5 Å². The Morgan fingerprint density at radius 2 is 2.00 bits per heavy atom. The zero-order valence-corrected chi connectivity index (χ0v) is 13.7. The predicted molar refractivity (Wildman–Crippen MR) is 82.9 cm³/mol. The Morgan fingerprint density at radius 3 is 2.57 bits per heavy atom. The number of hydrogen-bond donors (Lipinski definition) is 2. The molecule has 2 aromatic rings. The van der Waals surface area contributed by atoms with Gasteiger partial charge >= 0.3 is 5.97 Å². The van der Waals surface area contributed by atoms with Crippen molar-refractivity contribution in [3.05, 3.63) is 27.7 Å². The zero-order valence-electron chi connectivity index (χ0n) is 11.3. The fraction of sp³-hybridized carbons (Fsp3) is 0.231. The van der Waals surface area contributed by atoms with Crippen molar-refractivity contribution < 1.29 is 19.4 Å². The van der Waals surface area contributed by atoms with Gasteiger partial charge in [0.15, 0.2) is 11.5 Å². The summed E-state index contributed by atoms with van der Waals surface area (Å²) in [7, 11) is 3.10. The number of nitrogens with two attached hydrogens (primary N) is 1. The van der Waals surface area contributed by atoms with Crippen LogP contribution in [0.25, 0.3) is 10.6 Å². The smallest absolute Gasteiger partial charge is 0.326 e. The molecule has 0 amide bonds. The second-order valence-corrected chi connectivity index (χ2v) is 5.79. The molecule has 1 aromatic carbocycles. The van der Waals surface area contributed by atoms with Gasteiger partial charge in [-0.05, 0) is 28.1 Å². The molecule has 0 spiro atoms. The van der Waals surface area contributed by atoms with Gasteiger partial charge in [0.1, 0.15) is 11.0 Å². The summed E-state index contributed by atoms with van der Waals surface area (Å²) < 4.78 is 11.2. The largest absolute Gasteiger partial charge is 0.493 e. The van der Waals surface area contributed by atoms with Crippen molar-refractivity contribution in [2.75, 3.05) is 14.2 Å². The molecule has 2 rings (SSSR count). The maximum Gasteiger partial charge on any atom is 0.326 e. The fourth-order valence-electron chi connectivity index (χ4n) is 1.70. The molecule has 3 N–H and O–H groups in total. The highest BCUT2D eigenvalue weighted by molar-refractivity contribution is 9.10. The van der Waals surface area contributed by atoms with Crippen LogP contribution in [-0.4, -0.2) is 30.3 Å². The number of hydrogen-bond acceptors (Lipinski definition) is 6. The zero-order chi connectivity index (χ0) is 15.6. The molecule has 0 saturated heterocycles. The molecule has 0 aliphatic rings. The van der Waals surface area contributed by atoms with Crippen LogP contribution < -0.4 is 15.2 Å². The van der Waals surface area contributed by atoms with Gasteiger partial charge in [-0.2, -0.15) is 0 Å². The maximum absolute atomic E-state index is 10.9. The lowest BCUT2D eigenvalue weighted by Gasteiger charge is -2.10. The average molecular weight is 373 g/mol. The summed E-state index contributed by atoms with van der Waals surface area (Å²) in [6, 6.07) is 2.42. The highest BCUT2D eigenvalue weighted by atomic mass is 79.9. The number of benzene rings is 1. The van der Waals surface area contributed by atoms with Gasteiger partial charge in [0.05, 0.1) is 19.9 Å². The van der Waals surface area contributed by atoms with Crippen LogP contribution in [0.2, 0.25) is 0 Å². The SMILES string of the molecule is COc1cc(Br)c(-c2nc(C(N)C(=O)O)cs2)cc1OC. The third-order valence-electron chi connectivity index (χ3n) is 2.81. The van der Waals surface area contributed by atoms with Crippen LogP contribution in [0.4, 0.5) is 0 Å². The van der Waals surface area contributed by atoms with Crippen LogP contribution in [0, 0.1) is 0 Å². The molecule has 0 aliphatic carbocycles. The number of rotatable bonds is 5. The van der Waals surface area contributed by atoms with Gasteiger partial charge in [0, 0.05) is 15.4 Å². The van der Waals surface area contributed by atoms with E-state index < -0.39 is 12.0 Å². The quantitative estimate of drug-likeness (QED) is 0.837. The Balaban J connectivity index is 2.45. The van der Waals surface area contributed by atoms with Crippen molar-refractivity contribution in [3.63, 3.8) is 0 Å². The predicted octanol–water partition coefficient (Wildman–Crippen LogP) is 2.67. The number of nitrogens with zero attached hydrogens (tertiary/aromatic N) is 1. The van der Waals surface area contributed by atoms with Crippen LogP contribution in [0.15, 0.2) is 22.0 Å². The number of thiazole rings is 1. The van der Waals surface area contributed by atoms with Gasteiger partial charge in [0.2, 0.25) is 0 Å². The molecule has 1 aromatic heterocycles. The Bertz CT molecular complexity index is 674. The van der Waals surface area contributed by atoms with Gasteiger partial charge in [-0.1, -0.05) is 0 Å². The Labute approximate surface area is 133 Å². The van der Waals surface area contributed by atoms with E-state index in [9.17, 15) is 4.79 Å². The number of aliphatic carboxylic acids is 1. The molecule has 0 fully saturated rings. The fourth-order valence-corrected chi connectivity index (χ4v) is 3.22. The molecule has 1 heterocycles. The van der Waals surface area contributed by atoms with Crippen LogP contribution in [0.1, 0.15) is 11.7 Å². The molecule has 112 valence electrons. The van der Waals surface area contributed by atoms with Crippen molar-refractivity contribution in [2.45, 2.75) is 6.04 Å². The number of carbonyl (C=O) groups is 1. The highest BCUT2D eigenvalue weighted by Crippen LogP contribution is 2.39. The van der Waals surface area contributed by atoms with E-state index in [1.807, 2.05) is 0 Å². The number of aromatic nitrogens is 1. The Hall–Kier alpha value is -1.64. The summed E-state index contributed by atoms with van der Waals surface area (Å²) in [6.45, 7) is 0. The molecule has 1 unspecified atom stereocenters. The number of halogens is 1. The second kappa shape index (κ2) is 6.42. The van der Waals surface area contributed by atoms with E-state index in [1.54, 1.807) is 31.7 Å². The van der Waals surface area contributed by atoms with Crippen molar-refractivity contribution in [1.29, 1.82) is 0 Å². The molecule has 0 aliphatic heterocycles. The average Bonchev–Trinajstić information content (AvgIpc) is 2.95. The first kappa shape index (κ1) is 15.7. The molecule has 8 heteroatoms. The minimum Gasteiger partial charge on any atom is -0.493 e. The molecular weight excluding hydrogens is 360 g/mol. The first-order valence-corrected chi connectivity index (χ1v) is 7.51. The molecule has 0 radical (unpaired) electrons. The first-order chi connectivity index (χ1) is 9.97. The van der Waals surface area contributed by atoms with E-state index in [-0.39, 0.29) is 0 Å². The van der Waals surface area contributed by atoms with E-state index >= 15 is 0 Å². The second-order valence-electron chi connectivity index (χ2n) is 4.08. The lowest BCUT2D eigenvalue weighted by atomic mass is 10.2. The molecular formula is C13H13BrN2O4S. The van der Waals surface area contributed by atoms with Gasteiger partial charge in [-0.25, -0.2) is 4.98 Å². The summed E-state index contributed by atoms with van der Waals surface area (Å²) in [5, 5.41) is 11.2. The Morgan fingerprint density at radius 1 is 1.38 bits per heavy atom. The van der Waals surface area contributed by atoms with Gasteiger partial charge in [-0.3, -0.25) is 4.79 Å². The first-order valence-electron chi connectivity index (χ1n) is 5.83. The summed E-state index contributed by atoms with van der Waals surface area (Å²) >= 11 is 4.76. The Kier molecular flexibility index (Phi) is 4.81. The highest BCUT2D eigenvalue weighted by Gasteiger charge is 2.20. The van der Waals surface area contributed by atoms with E-state index in [1.165, 1.54) is 11.3 Å². The normalized spacial score (nSPS) is 12.0. The van der Waals surface area contributed by atoms with Gasteiger partial charge in [0.25, 0.3) is 0 Å². The van der Waals surface area contributed by atoms with Crippen molar-refractivity contribution in [1.82, 2.24) is 4.98 Å². The van der Waals surface area contributed by atoms with Crippen molar-refractivity contribution in [3.8, 4) is 22.1 Å². The summed E-state index contributed by atoms with van der Waals surface area (Å²) in [5.74, 6) is 0.0420. The van der Waals surface area contributed by atoms with Gasteiger partial charge < -0.3 is 20.3 Å². The molecule has 0 bridgehead atoms. The van der Waals surface area contributed by atoms with Crippen LogP contribution in [-0.2, 0) is 4.79 Å². The van der Waals surface area contributed by atoms with E-state index in [0.29, 0.717) is 22.2 Å². The molecule has 0 saturated carbocycles. The van der Waals surface area contributed by atoms with Gasteiger partial charge in [-0.15, -0.1) is 11.3 Å². The van der Waals surface area contributed by atoms with Crippen molar-refractivity contribution >= 4 is 33.2 Å². The lowest BCUT2D eigenvalue weighted by Crippen LogP contribution is -2.20. The number of carboxylic acids is 1. The minimum atomic E-state index is -1.13. The van der Waals surface area contributed by atoms with Crippen LogP contribution >= 0.6 is 27.3 Å². The van der Waals surface area contributed by atoms with E-state index in [4.69, 9.17) is 20.3 Å². The summed E-state index contributed by atoms with van der Waals surface area (Å²) in [5.41, 5.74) is 6.66. The number of ether oxygens (including phenoxy) is 2. The molecule has 21 heavy (non-hydrogen) atoms. The number of carboxylic acid groups (broad SMARTS) is 1. The van der Waals surface area contributed by atoms with Crippen LogP contribution in [0.3, 0.4) is 0 Å². The third-order valence-corrected chi connectivity index (χ3v) is 4.36.